The average Bonchev–Trinajstić information content (AvgIpc) is 2.46. The fourth-order valence-electron chi connectivity index (χ4n) is 2.51. The molecule has 112 valence electrons. The Kier molecular flexibility index (Phi) is 5.54. The van der Waals surface area contributed by atoms with E-state index >= 15 is 0 Å². The molecule has 1 unspecified atom stereocenters. The van der Waals surface area contributed by atoms with Gasteiger partial charge in [-0.2, -0.15) is 0 Å². The normalized spacial score (nSPS) is 18.2. The predicted octanol–water partition coefficient (Wildman–Crippen LogP) is 2.46. The maximum atomic E-state index is 13.6. The van der Waals surface area contributed by atoms with E-state index in [0.29, 0.717) is 11.5 Å². The summed E-state index contributed by atoms with van der Waals surface area (Å²) in [5.41, 5.74) is 2.06. The molecule has 1 N–H and O–H groups in total. The molecule has 0 spiro atoms. The van der Waals surface area contributed by atoms with Gasteiger partial charge in [-0.25, -0.2) is 4.39 Å². The molecule has 1 aliphatic heterocycles. The van der Waals surface area contributed by atoms with Crippen LogP contribution in [-0.4, -0.2) is 35.3 Å². The van der Waals surface area contributed by atoms with Gasteiger partial charge in [0.1, 0.15) is 5.82 Å². The average molecular weight is 298 g/mol. The maximum absolute atomic E-state index is 13.6. The number of nitrogens with zero attached hydrogens (tertiary/aromatic N) is 1. The van der Waals surface area contributed by atoms with Gasteiger partial charge in [-0.3, -0.25) is 4.21 Å². The molecule has 0 saturated carbocycles. The molecule has 1 fully saturated rings. The monoisotopic (exact) mass is 298 g/mol. The lowest BCUT2D eigenvalue weighted by atomic mass is 10.0. The summed E-state index contributed by atoms with van der Waals surface area (Å²) in [6, 6.07) is 5.10. The molecule has 0 radical (unpaired) electrons. The van der Waals surface area contributed by atoms with Crippen LogP contribution in [0.1, 0.15) is 31.9 Å². The maximum Gasteiger partial charge on any atom is 0.123 e. The van der Waals surface area contributed by atoms with Crippen molar-refractivity contribution in [3.8, 4) is 0 Å². The molecule has 0 amide bonds. The van der Waals surface area contributed by atoms with Crippen LogP contribution in [0.4, 0.5) is 10.1 Å². The molecular formula is C15H23FN2OS. The van der Waals surface area contributed by atoms with E-state index in [-0.39, 0.29) is 11.9 Å². The van der Waals surface area contributed by atoms with E-state index in [1.54, 1.807) is 6.07 Å². The van der Waals surface area contributed by atoms with Crippen LogP contribution >= 0.6 is 0 Å². The Morgan fingerprint density at radius 1 is 1.40 bits per heavy atom. The molecular weight excluding hydrogens is 275 g/mol. The van der Waals surface area contributed by atoms with Gasteiger partial charge in [0.25, 0.3) is 0 Å². The summed E-state index contributed by atoms with van der Waals surface area (Å²) in [4.78, 5) is 2.22. The third-order valence-corrected chi connectivity index (χ3v) is 4.95. The van der Waals surface area contributed by atoms with Crippen LogP contribution in [0.5, 0.6) is 0 Å². The van der Waals surface area contributed by atoms with Crippen molar-refractivity contribution in [3.05, 3.63) is 29.6 Å². The first kappa shape index (κ1) is 15.4. The predicted molar refractivity (Wildman–Crippen MR) is 83.2 cm³/mol. The Balaban J connectivity index is 2.21. The Morgan fingerprint density at radius 2 is 2.10 bits per heavy atom. The number of hydrogen-bond donors (Lipinski definition) is 1. The van der Waals surface area contributed by atoms with Crippen LogP contribution in [0.15, 0.2) is 18.2 Å². The first-order valence-electron chi connectivity index (χ1n) is 7.24. The Hall–Kier alpha value is -0.940. The van der Waals surface area contributed by atoms with Crippen molar-refractivity contribution in [2.45, 2.75) is 26.3 Å². The number of hydrogen-bond acceptors (Lipinski definition) is 3. The minimum atomic E-state index is -0.693. The van der Waals surface area contributed by atoms with E-state index in [1.807, 2.05) is 6.07 Å². The van der Waals surface area contributed by atoms with Crippen LogP contribution < -0.4 is 10.2 Å². The zero-order valence-electron chi connectivity index (χ0n) is 12.2. The molecule has 1 aromatic rings. The Bertz CT molecular complexity index is 471. The smallest absolute Gasteiger partial charge is 0.123 e. The summed E-state index contributed by atoms with van der Waals surface area (Å²) in [5, 5.41) is 3.41. The summed E-state index contributed by atoms with van der Waals surface area (Å²) in [7, 11) is -0.693. The van der Waals surface area contributed by atoms with Crippen LogP contribution in [-0.2, 0) is 10.8 Å². The van der Waals surface area contributed by atoms with E-state index in [4.69, 9.17) is 0 Å². The van der Waals surface area contributed by atoms with E-state index in [2.05, 4.69) is 24.1 Å². The van der Waals surface area contributed by atoms with Gasteiger partial charge in [-0.15, -0.1) is 0 Å². The number of benzene rings is 1. The van der Waals surface area contributed by atoms with Crippen LogP contribution in [0.2, 0.25) is 0 Å². The lowest BCUT2D eigenvalue weighted by Crippen LogP contribution is -2.38. The third-order valence-electron chi connectivity index (χ3n) is 3.68. The second kappa shape index (κ2) is 7.18. The van der Waals surface area contributed by atoms with E-state index in [1.165, 1.54) is 6.07 Å². The topological polar surface area (TPSA) is 32.3 Å². The fraction of sp³-hybridized carbons (Fsp3) is 0.600. The Labute approximate surface area is 123 Å². The van der Waals surface area contributed by atoms with Crippen molar-refractivity contribution in [1.29, 1.82) is 0 Å². The molecule has 1 atom stereocenters. The molecule has 3 nitrogen and oxygen atoms in total. The molecule has 0 aromatic heterocycles. The number of anilines is 1. The number of rotatable bonds is 5. The van der Waals surface area contributed by atoms with Crippen molar-refractivity contribution in [2.24, 2.45) is 0 Å². The summed E-state index contributed by atoms with van der Waals surface area (Å²) in [6.45, 7) is 6.67. The lowest BCUT2D eigenvalue weighted by Gasteiger charge is -2.31. The van der Waals surface area contributed by atoms with E-state index in [0.717, 1.165) is 37.3 Å². The first-order chi connectivity index (χ1) is 9.61. The van der Waals surface area contributed by atoms with Gasteiger partial charge >= 0.3 is 0 Å². The van der Waals surface area contributed by atoms with Gasteiger partial charge in [-0.1, -0.05) is 6.92 Å². The third kappa shape index (κ3) is 3.79. The molecule has 20 heavy (non-hydrogen) atoms. The van der Waals surface area contributed by atoms with Crippen molar-refractivity contribution >= 4 is 16.5 Å². The molecule has 0 bridgehead atoms. The summed E-state index contributed by atoms with van der Waals surface area (Å²) in [5.74, 6) is 1.20. The zero-order chi connectivity index (χ0) is 14.5. The van der Waals surface area contributed by atoms with Crippen LogP contribution in [0.3, 0.4) is 0 Å². The standard InChI is InChI=1S/C15H23FN2OS/c1-3-6-17-12(2)14-11-13(16)4-5-15(14)18-7-9-20(19)10-8-18/h4-5,11-12,17H,3,6-10H2,1-2H3. The number of halogens is 1. The van der Waals surface area contributed by atoms with Crippen LogP contribution in [0, 0.1) is 5.82 Å². The largest absolute Gasteiger partial charge is 0.369 e. The molecule has 1 saturated heterocycles. The highest BCUT2D eigenvalue weighted by molar-refractivity contribution is 7.85. The summed E-state index contributed by atoms with van der Waals surface area (Å²) < 4.78 is 25.0. The fourth-order valence-corrected chi connectivity index (χ4v) is 3.56. The zero-order valence-corrected chi connectivity index (χ0v) is 13.0. The van der Waals surface area contributed by atoms with Crippen molar-refractivity contribution in [1.82, 2.24) is 5.32 Å². The van der Waals surface area contributed by atoms with Crippen LogP contribution in [0.25, 0.3) is 0 Å². The van der Waals surface area contributed by atoms with Gasteiger partial charge in [0, 0.05) is 47.1 Å². The van der Waals surface area contributed by atoms with Crippen molar-refractivity contribution < 1.29 is 8.60 Å². The second-order valence-electron chi connectivity index (χ2n) is 5.21. The van der Waals surface area contributed by atoms with E-state index in [9.17, 15) is 8.60 Å². The molecule has 1 heterocycles. The molecule has 1 aromatic carbocycles. The summed E-state index contributed by atoms with van der Waals surface area (Å²) >= 11 is 0. The first-order valence-corrected chi connectivity index (χ1v) is 8.73. The minimum Gasteiger partial charge on any atom is -0.369 e. The molecule has 0 aliphatic carbocycles. The summed E-state index contributed by atoms with van der Waals surface area (Å²) in [6.07, 6.45) is 1.05. The highest BCUT2D eigenvalue weighted by Gasteiger charge is 2.20. The molecule has 2 rings (SSSR count). The van der Waals surface area contributed by atoms with Crippen molar-refractivity contribution in [2.75, 3.05) is 36.0 Å². The van der Waals surface area contributed by atoms with Gasteiger partial charge in [0.05, 0.1) is 0 Å². The van der Waals surface area contributed by atoms with Gasteiger partial charge < -0.3 is 10.2 Å². The molecule has 5 heteroatoms. The van der Waals surface area contributed by atoms with Crippen molar-refractivity contribution in [3.63, 3.8) is 0 Å². The molecule has 1 aliphatic rings. The second-order valence-corrected chi connectivity index (χ2v) is 6.91. The highest BCUT2D eigenvalue weighted by Crippen LogP contribution is 2.28. The Morgan fingerprint density at radius 3 is 2.75 bits per heavy atom. The van der Waals surface area contributed by atoms with Gasteiger partial charge in [-0.05, 0) is 43.7 Å². The highest BCUT2D eigenvalue weighted by atomic mass is 32.2. The quantitative estimate of drug-likeness (QED) is 0.906. The van der Waals surface area contributed by atoms with E-state index < -0.39 is 10.8 Å². The minimum absolute atomic E-state index is 0.119. The van der Waals surface area contributed by atoms with Gasteiger partial charge in [0.2, 0.25) is 0 Å². The SMILES string of the molecule is CCCNC(C)c1cc(F)ccc1N1CCS(=O)CC1. The number of nitrogens with one attached hydrogen (secondary N) is 1. The lowest BCUT2D eigenvalue weighted by molar-refractivity contribution is 0.560. The van der Waals surface area contributed by atoms with Gasteiger partial charge in [0.15, 0.2) is 0 Å².